The van der Waals surface area contributed by atoms with E-state index in [4.69, 9.17) is 4.74 Å². The van der Waals surface area contributed by atoms with E-state index in [1.54, 1.807) is 7.11 Å². The van der Waals surface area contributed by atoms with Crippen molar-refractivity contribution >= 4 is 5.91 Å². The Labute approximate surface area is 157 Å². The molecule has 1 saturated carbocycles. The number of ether oxygens (including phenoxy) is 1. The molecule has 2 aromatic rings. The quantitative estimate of drug-likeness (QED) is 0.674. The molecule has 1 aliphatic carbocycles. The Bertz CT molecular complexity index is 715. The summed E-state index contributed by atoms with van der Waals surface area (Å²) in [6.45, 7) is 5.13. The zero-order valence-corrected chi connectivity index (χ0v) is 16.1. The molecule has 2 aromatic carbocycles. The van der Waals surface area contributed by atoms with Crippen molar-refractivity contribution in [3.05, 3.63) is 65.2 Å². The Kier molecular flexibility index (Phi) is 5.97. The van der Waals surface area contributed by atoms with E-state index < -0.39 is 0 Å². The van der Waals surface area contributed by atoms with Gasteiger partial charge in [0.05, 0.1) is 7.11 Å². The fourth-order valence-electron chi connectivity index (χ4n) is 3.20. The van der Waals surface area contributed by atoms with Crippen LogP contribution in [0, 0.1) is 0 Å². The molecule has 3 heteroatoms. The molecule has 1 amide bonds. The monoisotopic (exact) mass is 351 g/mol. The summed E-state index contributed by atoms with van der Waals surface area (Å²) in [5.74, 6) is 1.65. The number of hydrogen-bond donors (Lipinski definition) is 0. The van der Waals surface area contributed by atoms with Crippen molar-refractivity contribution in [3.63, 3.8) is 0 Å². The Morgan fingerprint density at radius 3 is 2.19 bits per heavy atom. The van der Waals surface area contributed by atoms with Gasteiger partial charge < -0.3 is 9.64 Å². The van der Waals surface area contributed by atoms with Gasteiger partial charge in [0.2, 0.25) is 5.91 Å². The molecule has 1 aliphatic rings. The summed E-state index contributed by atoms with van der Waals surface area (Å²) < 4.78 is 5.19. The number of methoxy groups -OCH3 is 1. The molecule has 3 nitrogen and oxygen atoms in total. The van der Waals surface area contributed by atoms with Gasteiger partial charge in [-0.05, 0) is 54.0 Å². The fraction of sp³-hybridized carbons (Fsp3) is 0.435. The van der Waals surface area contributed by atoms with Gasteiger partial charge in [-0.25, -0.2) is 0 Å². The number of aryl methyl sites for hydroxylation is 1. The van der Waals surface area contributed by atoms with Crippen LogP contribution in [-0.2, 0) is 17.8 Å². The minimum Gasteiger partial charge on any atom is -0.497 e. The number of hydrogen-bond acceptors (Lipinski definition) is 2. The van der Waals surface area contributed by atoms with Crippen LogP contribution in [0.5, 0.6) is 5.75 Å². The van der Waals surface area contributed by atoms with Crippen molar-refractivity contribution in [2.75, 3.05) is 7.11 Å². The van der Waals surface area contributed by atoms with Crippen molar-refractivity contribution in [3.8, 4) is 5.75 Å². The summed E-state index contributed by atoms with van der Waals surface area (Å²) in [7, 11) is 1.67. The van der Waals surface area contributed by atoms with Crippen LogP contribution in [0.3, 0.4) is 0 Å². The van der Waals surface area contributed by atoms with Gasteiger partial charge >= 0.3 is 0 Å². The molecule has 1 fully saturated rings. The first-order valence-corrected chi connectivity index (χ1v) is 9.58. The second kappa shape index (κ2) is 8.39. The number of benzene rings is 2. The third kappa shape index (κ3) is 4.87. The smallest absolute Gasteiger partial charge is 0.223 e. The minimum atomic E-state index is 0.260. The van der Waals surface area contributed by atoms with Gasteiger partial charge in [-0.2, -0.15) is 0 Å². The van der Waals surface area contributed by atoms with E-state index in [9.17, 15) is 4.79 Å². The predicted molar refractivity (Wildman–Crippen MR) is 105 cm³/mol. The van der Waals surface area contributed by atoms with Crippen LogP contribution < -0.4 is 4.74 Å². The lowest BCUT2D eigenvalue weighted by Crippen LogP contribution is -2.32. The van der Waals surface area contributed by atoms with Crippen LogP contribution in [0.15, 0.2) is 48.5 Å². The van der Waals surface area contributed by atoms with Crippen molar-refractivity contribution in [1.29, 1.82) is 0 Å². The Morgan fingerprint density at radius 2 is 1.65 bits per heavy atom. The number of carbonyl (C=O) groups excluding carboxylic acids is 1. The Morgan fingerprint density at radius 1 is 1.04 bits per heavy atom. The standard InChI is InChI=1S/C23H29NO2/c1-17(2)20-9-4-19(5-10-20)16-24(21-11-12-21)23(25)15-8-18-6-13-22(26-3)14-7-18/h4-7,9-10,13-14,17,21H,8,11-12,15-16H2,1-3H3. The SMILES string of the molecule is COc1ccc(CCC(=O)N(Cc2ccc(C(C)C)cc2)C2CC2)cc1. The van der Waals surface area contributed by atoms with Gasteiger partial charge in [-0.15, -0.1) is 0 Å². The van der Waals surface area contributed by atoms with Gasteiger partial charge in [0.1, 0.15) is 5.75 Å². The lowest BCUT2D eigenvalue weighted by atomic mass is 10.0. The van der Waals surface area contributed by atoms with Crippen LogP contribution in [0.4, 0.5) is 0 Å². The van der Waals surface area contributed by atoms with Crippen LogP contribution in [0.2, 0.25) is 0 Å². The van der Waals surface area contributed by atoms with Crippen LogP contribution in [0.25, 0.3) is 0 Å². The molecule has 26 heavy (non-hydrogen) atoms. The zero-order chi connectivity index (χ0) is 18.5. The van der Waals surface area contributed by atoms with Crippen LogP contribution in [0.1, 0.15) is 55.7 Å². The Hall–Kier alpha value is -2.29. The highest BCUT2D eigenvalue weighted by molar-refractivity contribution is 5.77. The van der Waals surface area contributed by atoms with Crippen molar-refractivity contribution in [1.82, 2.24) is 4.90 Å². The number of rotatable bonds is 8. The summed E-state index contributed by atoms with van der Waals surface area (Å²) in [5.41, 5.74) is 3.74. The summed E-state index contributed by atoms with van der Waals surface area (Å²) in [6.07, 6.45) is 3.61. The second-order valence-electron chi connectivity index (χ2n) is 7.50. The molecule has 0 N–H and O–H groups in total. The van der Waals surface area contributed by atoms with Crippen LogP contribution in [-0.4, -0.2) is 24.0 Å². The summed E-state index contributed by atoms with van der Waals surface area (Å²) in [5, 5.41) is 0. The van der Waals surface area contributed by atoms with Gasteiger partial charge in [0.15, 0.2) is 0 Å². The maximum absolute atomic E-state index is 12.8. The maximum Gasteiger partial charge on any atom is 0.223 e. The second-order valence-corrected chi connectivity index (χ2v) is 7.50. The molecule has 0 radical (unpaired) electrons. The lowest BCUT2D eigenvalue weighted by Gasteiger charge is -2.23. The van der Waals surface area contributed by atoms with Gasteiger partial charge in [-0.1, -0.05) is 50.2 Å². The summed E-state index contributed by atoms with van der Waals surface area (Å²) >= 11 is 0. The van der Waals surface area contributed by atoms with Gasteiger partial charge in [0, 0.05) is 19.0 Å². The highest BCUT2D eigenvalue weighted by Crippen LogP contribution is 2.29. The molecule has 0 aromatic heterocycles. The first-order valence-electron chi connectivity index (χ1n) is 9.58. The predicted octanol–water partition coefficient (Wildman–Crippen LogP) is 4.94. The fourth-order valence-corrected chi connectivity index (χ4v) is 3.20. The number of carbonyl (C=O) groups is 1. The first-order chi connectivity index (χ1) is 12.6. The Balaban J connectivity index is 1.59. The average molecular weight is 351 g/mol. The molecule has 0 saturated heterocycles. The van der Waals surface area contributed by atoms with E-state index in [0.29, 0.717) is 18.4 Å². The molecule has 0 unspecified atom stereocenters. The van der Waals surface area contributed by atoms with E-state index in [1.165, 1.54) is 16.7 Å². The molecule has 0 heterocycles. The molecule has 0 bridgehead atoms. The highest BCUT2D eigenvalue weighted by atomic mass is 16.5. The van der Waals surface area contributed by atoms with E-state index in [0.717, 1.165) is 31.6 Å². The molecule has 0 atom stereocenters. The lowest BCUT2D eigenvalue weighted by molar-refractivity contribution is -0.132. The molecule has 0 spiro atoms. The topological polar surface area (TPSA) is 29.5 Å². The molecule has 0 aliphatic heterocycles. The first kappa shape index (κ1) is 18.5. The zero-order valence-electron chi connectivity index (χ0n) is 16.1. The van der Waals surface area contributed by atoms with E-state index in [1.807, 2.05) is 24.3 Å². The normalized spacial score (nSPS) is 13.7. The van der Waals surface area contributed by atoms with Crippen LogP contribution >= 0.6 is 0 Å². The number of nitrogens with zero attached hydrogens (tertiary/aromatic N) is 1. The van der Waals surface area contributed by atoms with Gasteiger partial charge in [-0.3, -0.25) is 4.79 Å². The highest BCUT2D eigenvalue weighted by Gasteiger charge is 2.32. The molecular formula is C23H29NO2. The average Bonchev–Trinajstić information content (AvgIpc) is 3.50. The summed E-state index contributed by atoms with van der Waals surface area (Å²) in [4.78, 5) is 14.9. The van der Waals surface area contributed by atoms with E-state index >= 15 is 0 Å². The third-order valence-corrected chi connectivity index (χ3v) is 5.09. The van der Waals surface area contributed by atoms with E-state index in [2.05, 4.69) is 43.0 Å². The van der Waals surface area contributed by atoms with Crippen molar-refractivity contribution in [2.24, 2.45) is 0 Å². The minimum absolute atomic E-state index is 0.260. The third-order valence-electron chi connectivity index (χ3n) is 5.09. The van der Waals surface area contributed by atoms with Crippen molar-refractivity contribution < 1.29 is 9.53 Å². The molecule has 138 valence electrons. The largest absolute Gasteiger partial charge is 0.497 e. The molecule has 3 rings (SSSR count). The maximum atomic E-state index is 12.8. The van der Waals surface area contributed by atoms with Crippen molar-refractivity contribution in [2.45, 2.75) is 58.0 Å². The van der Waals surface area contributed by atoms with Gasteiger partial charge in [0.25, 0.3) is 0 Å². The number of amides is 1. The summed E-state index contributed by atoms with van der Waals surface area (Å²) in [6, 6.07) is 17.1. The van der Waals surface area contributed by atoms with E-state index in [-0.39, 0.29) is 5.91 Å². The molecular weight excluding hydrogens is 322 g/mol.